The predicted molar refractivity (Wildman–Crippen MR) is 124 cm³/mol. The standard InChI is InChI=1S/C24H33ClN4O3/c1-18(30)26-10-14-29(15-11-26)24(32)22(19-4-2-3-5-19)27-12-16-28(17-13-27)23(31)20-6-8-21(25)9-7-20/h6-9,19,22H,2-5,10-17H2,1H3. The molecule has 1 aromatic carbocycles. The van der Waals surface area contributed by atoms with Gasteiger partial charge in [0, 0.05) is 69.9 Å². The van der Waals surface area contributed by atoms with Gasteiger partial charge in [0.05, 0.1) is 6.04 Å². The van der Waals surface area contributed by atoms with E-state index in [9.17, 15) is 14.4 Å². The average Bonchev–Trinajstić information content (AvgIpc) is 3.34. The SMILES string of the molecule is CC(=O)N1CCN(C(=O)C(C2CCCC2)N2CCN(C(=O)c3ccc(Cl)cc3)CC2)CC1. The van der Waals surface area contributed by atoms with Crippen molar-refractivity contribution in [3.63, 3.8) is 0 Å². The molecule has 0 bridgehead atoms. The smallest absolute Gasteiger partial charge is 0.253 e. The van der Waals surface area contributed by atoms with Crippen molar-refractivity contribution in [3.05, 3.63) is 34.9 Å². The summed E-state index contributed by atoms with van der Waals surface area (Å²) in [6.07, 6.45) is 4.55. The first-order valence-corrected chi connectivity index (χ1v) is 12.1. The number of halogens is 1. The van der Waals surface area contributed by atoms with E-state index in [2.05, 4.69) is 4.90 Å². The Morgan fingerprint density at radius 1 is 0.812 bits per heavy atom. The van der Waals surface area contributed by atoms with Crippen LogP contribution in [-0.4, -0.2) is 95.7 Å². The van der Waals surface area contributed by atoms with E-state index in [-0.39, 0.29) is 23.8 Å². The quantitative estimate of drug-likeness (QED) is 0.691. The van der Waals surface area contributed by atoms with Gasteiger partial charge in [0.15, 0.2) is 0 Å². The van der Waals surface area contributed by atoms with Crippen molar-refractivity contribution in [2.24, 2.45) is 5.92 Å². The molecule has 2 heterocycles. The van der Waals surface area contributed by atoms with Crippen LogP contribution >= 0.6 is 11.6 Å². The fraction of sp³-hybridized carbons (Fsp3) is 0.625. The molecular weight excluding hydrogens is 428 g/mol. The summed E-state index contributed by atoms with van der Waals surface area (Å²) in [6, 6.07) is 6.90. The molecule has 7 nitrogen and oxygen atoms in total. The molecule has 3 amide bonds. The Hall–Kier alpha value is -2.12. The molecular formula is C24H33ClN4O3. The largest absolute Gasteiger partial charge is 0.339 e. The van der Waals surface area contributed by atoms with Crippen LogP contribution in [0.15, 0.2) is 24.3 Å². The third-order valence-electron chi connectivity index (χ3n) is 7.22. The molecule has 3 aliphatic rings. The Bertz CT molecular complexity index is 824. The van der Waals surface area contributed by atoms with Crippen LogP contribution in [0.1, 0.15) is 43.0 Å². The van der Waals surface area contributed by atoms with E-state index in [4.69, 9.17) is 11.6 Å². The summed E-state index contributed by atoms with van der Waals surface area (Å²) in [5.74, 6) is 0.681. The Kier molecular flexibility index (Phi) is 7.36. The Balaban J connectivity index is 1.40. The van der Waals surface area contributed by atoms with E-state index in [1.54, 1.807) is 31.2 Å². The first-order chi connectivity index (χ1) is 15.4. The van der Waals surface area contributed by atoms with Gasteiger partial charge < -0.3 is 14.7 Å². The van der Waals surface area contributed by atoms with Gasteiger partial charge in [0.25, 0.3) is 5.91 Å². The van der Waals surface area contributed by atoms with E-state index in [1.807, 2.05) is 14.7 Å². The minimum atomic E-state index is -0.117. The summed E-state index contributed by atoms with van der Waals surface area (Å²) >= 11 is 5.95. The Morgan fingerprint density at radius 2 is 1.34 bits per heavy atom. The highest BCUT2D eigenvalue weighted by atomic mass is 35.5. The van der Waals surface area contributed by atoms with Crippen molar-refractivity contribution in [1.29, 1.82) is 0 Å². The van der Waals surface area contributed by atoms with Crippen molar-refractivity contribution < 1.29 is 14.4 Å². The number of nitrogens with zero attached hydrogens (tertiary/aromatic N) is 4. The van der Waals surface area contributed by atoms with Gasteiger partial charge in [-0.25, -0.2) is 0 Å². The lowest BCUT2D eigenvalue weighted by Gasteiger charge is -2.44. The second-order valence-corrected chi connectivity index (χ2v) is 9.59. The van der Waals surface area contributed by atoms with Crippen LogP contribution in [0.4, 0.5) is 0 Å². The Morgan fingerprint density at radius 3 is 1.91 bits per heavy atom. The van der Waals surface area contributed by atoms with Crippen molar-refractivity contribution in [2.45, 2.75) is 38.6 Å². The number of carbonyl (C=O) groups is 3. The molecule has 1 saturated carbocycles. The lowest BCUT2D eigenvalue weighted by molar-refractivity contribution is -0.144. The summed E-state index contributed by atoms with van der Waals surface area (Å²) in [5, 5.41) is 0.619. The molecule has 1 aromatic rings. The van der Waals surface area contributed by atoms with Gasteiger partial charge in [-0.1, -0.05) is 24.4 Å². The van der Waals surface area contributed by atoms with Crippen LogP contribution in [0, 0.1) is 5.92 Å². The summed E-state index contributed by atoms with van der Waals surface area (Å²) in [7, 11) is 0. The van der Waals surface area contributed by atoms with E-state index < -0.39 is 0 Å². The molecule has 8 heteroatoms. The average molecular weight is 461 g/mol. The van der Waals surface area contributed by atoms with Crippen molar-refractivity contribution in [2.75, 3.05) is 52.4 Å². The molecule has 174 valence electrons. The summed E-state index contributed by atoms with van der Waals surface area (Å²) < 4.78 is 0. The molecule has 0 N–H and O–H groups in total. The van der Waals surface area contributed by atoms with Crippen molar-refractivity contribution >= 4 is 29.3 Å². The molecule has 1 aliphatic carbocycles. The van der Waals surface area contributed by atoms with E-state index in [0.29, 0.717) is 68.9 Å². The number of piperazine rings is 2. The maximum atomic E-state index is 13.6. The summed E-state index contributed by atoms with van der Waals surface area (Å²) in [6.45, 7) is 6.69. The van der Waals surface area contributed by atoms with Crippen LogP contribution in [0.3, 0.4) is 0 Å². The minimum absolute atomic E-state index is 0.0189. The second kappa shape index (κ2) is 10.2. The zero-order valence-corrected chi connectivity index (χ0v) is 19.6. The van der Waals surface area contributed by atoms with Gasteiger partial charge in [-0.3, -0.25) is 19.3 Å². The molecule has 3 fully saturated rings. The zero-order chi connectivity index (χ0) is 22.7. The van der Waals surface area contributed by atoms with E-state index >= 15 is 0 Å². The maximum Gasteiger partial charge on any atom is 0.253 e. The fourth-order valence-electron chi connectivity index (χ4n) is 5.34. The fourth-order valence-corrected chi connectivity index (χ4v) is 5.46. The highest BCUT2D eigenvalue weighted by Crippen LogP contribution is 2.32. The number of benzene rings is 1. The highest BCUT2D eigenvalue weighted by molar-refractivity contribution is 6.30. The lowest BCUT2D eigenvalue weighted by atomic mass is 9.94. The minimum Gasteiger partial charge on any atom is -0.339 e. The molecule has 0 spiro atoms. The first-order valence-electron chi connectivity index (χ1n) is 11.8. The number of hydrogen-bond acceptors (Lipinski definition) is 4. The maximum absolute atomic E-state index is 13.6. The monoisotopic (exact) mass is 460 g/mol. The van der Waals surface area contributed by atoms with Crippen molar-refractivity contribution in [3.8, 4) is 0 Å². The number of carbonyl (C=O) groups excluding carboxylic acids is 3. The van der Waals surface area contributed by atoms with Gasteiger partial charge in [0.2, 0.25) is 11.8 Å². The molecule has 0 radical (unpaired) electrons. The van der Waals surface area contributed by atoms with Crippen LogP contribution in [0.25, 0.3) is 0 Å². The van der Waals surface area contributed by atoms with E-state index in [1.165, 1.54) is 12.8 Å². The van der Waals surface area contributed by atoms with Gasteiger partial charge in [-0.15, -0.1) is 0 Å². The molecule has 1 unspecified atom stereocenters. The third-order valence-corrected chi connectivity index (χ3v) is 7.47. The molecule has 0 aromatic heterocycles. The zero-order valence-electron chi connectivity index (χ0n) is 18.8. The number of hydrogen-bond donors (Lipinski definition) is 0. The van der Waals surface area contributed by atoms with Crippen LogP contribution in [0.2, 0.25) is 5.02 Å². The summed E-state index contributed by atoms with van der Waals surface area (Å²) in [4.78, 5) is 46.1. The highest BCUT2D eigenvalue weighted by Gasteiger charge is 2.40. The second-order valence-electron chi connectivity index (χ2n) is 9.16. The van der Waals surface area contributed by atoms with E-state index in [0.717, 1.165) is 12.8 Å². The predicted octanol–water partition coefficient (Wildman–Crippen LogP) is 2.35. The summed E-state index contributed by atoms with van der Waals surface area (Å²) in [5.41, 5.74) is 0.648. The number of rotatable bonds is 4. The van der Waals surface area contributed by atoms with Gasteiger partial charge in [0.1, 0.15) is 0 Å². The lowest BCUT2D eigenvalue weighted by Crippen LogP contribution is -2.60. The molecule has 2 saturated heterocycles. The molecule has 1 atom stereocenters. The van der Waals surface area contributed by atoms with Gasteiger partial charge >= 0.3 is 0 Å². The number of amides is 3. The third kappa shape index (κ3) is 5.09. The van der Waals surface area contributed by atoms with Crippen LogP contribution < -0.4 is 0 Å². The first kappa shape index (κ1) is 23.1. The van der Waals surface area contributed by atoms with Crippen LogP contribution in [0.5, 0.6) is 0 Å². The Labute approximate surface area is 195 Å². The van der Waals surface area contributed by atoms with Crippen molar-refractivity contribution in [1.82, 2.24) is 19.6 Å². The normalized spacial score (nSPS) is 21.6. The van der Waals surface area contributed by atoms with Crippen LogP contribution in [-0.2, 0) is 9.59 Å². The van der Waals surface area contributed by atoms with Gasteiger partial charge in [-0.05, 0) is 43.0 Å². The molecule has 32 heavy (non-hydrogen) atoms. The van der Waals surface area contributed by atoms with Gasteiger partial charge in [-0.2, -0.15) is 0 Å². The molecule has 2 aliphatic heterocycles. The topological polar surface area (TPSA) is 64.2 Å². The molecule has 4 rings (SSSR count).